The second kappa shape index (κ2) is 9.63. The number of fused-ring (bicyclic) bond motifs is 1. The Kier molecular flexibility index (Phi) is 7.45. The molecule has 12 nitrogen and oxygen atoms in total. The number of carbonyl (C=O) groups is 1. The van der Waals surface area contributed by atoms with E-state index in [4.69, 9.17) is 20.3 Å². The minimum Gasteiger partial charge on any atom is -0.410 e. The van der Waals surface area contributed by atoms with Gasteiger partial charge in [-0.3, -0.25) is 10.4 Å². The molecular formula is C18H23N3O9S3. The molecule has 0 bridgehead atoms. The highest BCUT2D eigenvalue weighted by atomic mass is 32.3. The number of benzene rings is 1. The van der Waals surface area contributed by atoms with Crippen LogP contribution in [0.1, 0.15) is 37.4 Å². The molecule has 182 valence electrons. The van der Waals surface area contributed by atoms with Crippen molar-refractivity contribution >= 4 is 37.3 Å². The predicted octanol–water partition coefficient (Wildman–Crippen LogP) is 2.04. The highest BCUT2D eigenvalue weighted by Gasteiger charge is 2.43. The predicted molar refractivity (Wildman–Crippen MR) is 115 cm³/mol. The van der Waals surface area contributed by atoms with Crippen LogP contribution in [0.25, 0.3) is 0 Å². The third-order valence-corrected chi connectivity index (χ3v) is 10.4. The summed E-state index contributed by atoms with van der Waals surface area (Å²) in [6.07, 6.45) is -0.682. The highest BCUT2D eigenvalue weighted by molar-refractivity contribution is 7.95. The van der Waals surface area contributed by atoms with E-state index in [1.54, 1.807) is 19.1 Å². The van der Waals surface area contributed by atoms with E-state index in [2.05, 4.69) is 4.84 Å². The summed E-state index contributed by atoms with van der Waals surface area (Å²) in [7, 11) is -7.90. The van der Waals surface area contributed by atoms with E-state index >= 15 is 0 Å². The molecule has 1 aliphatic heterocycles. The number of primary sulfonamides is 1. The lowest BCUT2D eigenvalue weighted by atomic mass is 10.0. The van der Waals surface area contributed by atoms with Crippen molar-refractivity contribution in [3.63, 3.8) is 0 Å². The topological polar surface area (TPSA) is 177 Å². The number of hydrogen-bond acceptors (Lipinski definition) is 11. The summed E-state index contributed by atoms with van der Waals surface area (Å²) in [5, 5.41) is 21.1. The lowest BCUT2D eigenvalue weighted by Crippen LogP contribution is -2.41. The lowest BCUT2D eigenvalue weighted by molar-refractivity contribution is -0.497. The van der Waals surface area contributed by atoms with Gasteiger partial charge in [0.15, 0.2) is 9.84 Å². The maximum Gasteiger partial charge on any atom is 0.415 e. The van der Waals surface area contributed by atoms with Gasteiger partial charge in [-0.25, -0.2) is 31.6 Å². The van der Waals surface area contributed by atoms with E-state index in [1.165, 1.54) is 30.0 Å². The van der Waals surface area contributed by atoms with E-state index < -0.39 is 42.6 Å². The number of amides is 1. The summed E-state index contributed by atoms with van der Waals surface area (Å²) in [6, 6.07) is 6.54. The Hall–Kier alpha value is -2.11. The van der Waals surface area contributed by atoms with E-state index in [9.17, 15) is 21.6 Å². The first-order valence-corrected chi connectivity index (χ1v) is 13.5. The number of carbonyl (C=O) groups excluding carboxylic acids is 1. The number of thiophene rings is 1. The Morgan fingerprint density at radius 2 is 1.91 bits per heavy atom. The molecule has 33 heavy (non-hydrogen) atoms. The van der Waals surface area contributed by atoms with Crippen LogP contribution in [-0.2, 0) is 31.3 Å². The molecule has 15 heteroatoms. The van der Waals surface area contributed by atoms with Crippen molar-refractivity contribution in [1.29, 1.82) is 0 Å². The second-order valence-electron chi connectivity index (χ2n) is 7.28. The fraction of sp³-hybridized carbons (Fsp3) is 0.389. The standard InChI is InChI=1S/C18H23N3O9S3/c1-3-20(18(22)30-13-6-4-12(5-7-13)10-29-21(23)24)15-8-11(2)32(25,26)17-14(15)9-16(31-17)33(19,27)28/h4-7,9,11,15,23-24H,3,8,10H2,1-2H3,(H2,19,27,28)/t11?,15-/m0/s1. The van der Waals surface area contributed by atoms with Crippen LogP contribution in [0, 0.1) is 0 Å². The third-order valence-electron chi connectivity index (χ3n) is 5.11. The number of nitrogens with two attached hydrogens (primary N) is 1. The maximum atomic E-state index is 12.9. The SMILES string of the molecule is CCN(C(=O)Oc1ccc(CON(O)O)cc1)[C@H]1CC(C)S(=O)(=O)c2sc(S(N)(=O)=O)cc21. The van der Waals surface area contributed by atoms with Crippen molar-refractivity contribution in [1.82, 2.24) is 10.3 Å². The van der Waals surface area contributed by atoms with E-state index in [0.29, 0.717) is 16.9 Å². The Balaban J connectivity index is 1.87. The number of hydrogen-bond donors (Lipinski definition) is 3. The van der Waals surface area contributed by atoms with Crippen molar-refractivity contribution in [3.8, 4) is 5.75 Å². The number of rotatable bonds is 7. The van der Waals surface area contributed by atoms with Crippen molar-refractivity contribution in [3.05, 3.63) is 41.5 Å². The number of ether oxygens (including phenoxy) is 1. The van der Waals surface area contributed by atoms with Crippen LogP contribution in [-0.4, -0.2) is 55.4 Å². The van der Waals surface area contributed by atoms with Gasteiger partial charge in [-0.1, -0.05) is 12.1 Å². The molecule has 4 N–H and O–H groups in total. The molecule has 2 aromatic rings. The molecule has 3 rings (SSSR count). The smallest absolute Gasteiger partial charge is 0.410 e. The van der Waals surface area contributed by atoms with Gasteiger partial charge in [0, 0.05) is 12.1 Å². The van der Waals surface area contributed by atoms with Gasteiger partial charge >= 0.3 is 6.09 Å². The minimum atomic E-state index is -4.13. The zero-order chi connectivity index (χ0) is 24.6. The molecule has 0 radical (unpaired) electrons. The van der Waals surface area contributed by atoms with Gasteiger partial charge in [0.25, 0.3) is 0 Å². The molecule has 0 fully saturated rings. The van der Waals surface area contributed by atoms with Gasteiger partial charge in [0.05, 0.1) is 23.3 Å². The normalized spacial score (nSPS) is 19.8. The number of sulfone groups is 1. The molecule has 2 heterocycles. The van der Waals surface area contributed by atoms with Crippen LogP contribution in [0.15, 0.2) is 38.8 Å². The van der Waals surface area contributed by atoms with Gasteiger partial charge in [-0.05, 0) is 44.0 Å². The first-order chi connectivity index (χ1) is 15.3. The molecule has 0 saturated carbocycles. The second-order valence-corrected chi connectivity index (χ2v) is 12.7. The minimum absolute atomic E-state index is 0.0637. The molecule has 1 unspecified atom stereocenters. The van der Waals surface area contributed by atoms with Crippen LogP contribution in [0.5, 0.6) is 5.75 Å². The van der Waals surface area contributed by atoms with Gasteiger partial charge < -0.3 is 9.64 Å². The van der Waals surface area contributed by atoms with Crippen molar-refractivity contribution in [2.24, 2.45) is 5.14 Å². The summed E-state index contributed by atoms with van der Waals surface area (Å²) in [5.41, 5.74) is 0.769. The fourth-order valence-electron chi connectivity index (χ4n) is 3.43. The Morgan fingerprint density at radius 1 is 1.27 bits per heavy atom. The summed E-state index contributed by atoms with van der Waals surface area (Å²) in [5.74, 6) is 0.194. The summed E-state index contributed by atoms with van der Waals surface area (Å²) < 4.78 is 54.2. The van der Waals surface area contributed by atoms with Gasteiger partial charge in [-0.2, -0.15) is 0 Å². The van der Waals surface area contributed by atoms with Crippen molar-refractivity contribution in [2.45, 2.75) is 46.6 Å². The summed E-state index contributed by atoms with van der Waals surface area (Å²) in [4.78, 5) is 18.8. The van der Waals surface area contributed by atoms with Crippen molar-refractivity contribution in [2.75, 3.05) is 6.54 Å². The number of sulfonamides is 1. The molecule has 0 spiro atoms. The molecule has 1 amide bonds. The zero-order valence-electron chi connectivity index (χ0n) is 17.6. The Labute approximate surface area is 194 Å². The summed E-state index contributed by atoms with van der Waals surface area (Å²) in [6.45, 7) is 3.23. The quantitative estimate of drug-likeness (QED) is 0.457. The molecule has 1 aromatic carbocycles. The lowest BCUT2D eigenvalue weighted by Gasteiger charge is -2.35. The molecule has 2 atom stereocenters. The Morgan fingerprint density at radius 3 is 2.45 bits per heavy atom. The first-order valence-electron chi connectivity index (χ1n) is 9.63. The summed E-state index contributed by atoms with van der Waals surface area (Å²) >= 11 is 0.578. The monoisotopic (exact) mass is 521 g/mol. The molecular weight excluding hydrogens is 498 g/mol. The van der Waals surface area contributed by atoms with Gasteiger partial charge in [0.2, 0.25) is 10.0 Å². The fourth-order valence-corrected chi connectivity index (χ4v) is 7.83. The zero-order valence-corrected chi connectivity index (χ0v) is 20.1. The van der Waals surface area contributed by atoms with Crippen LogP contribution in [0.4, 0.5) is 4.79 Å². The average Bonchev–Trinajstić information content (AvgIpc) is 3.19. The van der Waals surface area contributed by atoms with Crippen LogP contribution in [0.2, 0.25) is 0 Å². The molecule has 1 aliphatic rings. The molecule has 1 aromatic heterocycles. The highest BCUT2D eigenvalue weighted by Crippen LogP contribution is 2.45. The van der Waals surface area contributed by atoms with Gasteiger partial charge in [-0.15, -0.1) is 11.3 Å². The van der Waals surface area contributed by atoms with Crippen LogP contribution in [0.3, 0.4) is 0 Å². The van der Waals surface area contributed by atoms with Gasteiger partial charge in [0.1, 0.15) is 14.2 Å². The molecule has 0 saturated heterocycles. The van der Waals surface area contributed by atoms with E-state index in [-0.39, 0.29) is 39.3 Å². The molecule has 0 aliphatic carbocycles. The maximum absolute atomic E-state index is 12.9. The van der Waals surface area contributed by atoms with Crippen LogP contribution >= 0.6 is 11.3 Å². The van der Waals surface area contributed by atoms with E-state index in [0.717, 1.165) is 0 Å². The van der Waals surface area contributed by atoms with E-state index in [1.807, 2.05) is 0 Å². The third kappa shape index (κ3) is 5.52. The largest absolute Gasteiger partial charge is 0.415 e. The number of nitrogens with zero attached hydrogens (tertiary/aromatic N) is 2. The average molecular weight is 522 g/mol. The van der Waals surface area contributed by atoms with Crippen LogP contribution < -0.4 is 9.88 Å². The van der Waals surface area contributed by atoms with Crippen molar-refractivity contribution < 1.29 is 41.6 Å². The Bertz CT molecular complexity index is 1220. The first kappa shape index (κ1) is 25.5.